The van der Waals surface area contributed by atoms with E-state index in [-0.39, 0.29) is 24.8 Å². The van der Waals surface area contributed by atoms with Gasteiger partial charge in [0.15, 0.2) is 5.67 Å². The maximum atomic E-state index is 16.2. The molecule has 8 heteroatoms. The van der Waals surface area contributed by atoms with Crippen LogP contribution in [0.25, 0.3) is 5.57 Å². The Labute approximate surface area is 200 Å². The van der Waals surface area contributed by atoms with Gasteiger partial charge in [0, 0.05) is 20.0 Å². The number of benzene rings is 1. The smallest absolute Gasteiger partial charge is 0.408 e. The number of rotatable bonds is 5. The summed E-state index contributed by atoms with van der Waals surface area (Å²) in [5.74, 6) is -0.559. The van der Waals surface area contributed by atoms with E-state index in [0.29, 0.717) is 25.1 Å². The number of amides is 2. The van der Waals surface area contributed by atoms with Crippen LogP contribution >= 0.6 is 11.6 Å². The lowest BCUT2D eigenvalue weighted by Gasteiger charge is -2.46. The fourth-order valence-corrected chi connectivity index (χ4v) is 4.71. The Bertz CT molecular complexity index is 944. The molecule has 2 atom stereocenters. The average Bonchev–Trinajstić information content (AvgIpc) is 2.77. The number of nitrogens with zero attached hydrogens (tertiary/aromatic N) is 1. The van der Waals surface area contributed by atoms with Crippen molar-refractivity contribution in [2.24, 2.45) is 0 Å². The van der Waals surface area contributed by atoms with Crippen molar-refractivity contribution in [1.82, 2.24) is 15.5 Å². The summed E-state index contributed by atoms with van der Waals surface area (Å²) in [7, 11) is 1.52. The number of alkyl carbamates (subject to hydrolysis) is 1. The van der Waals surface area contributed by atoms with Gasteiger partial charge in [-0.3, -0.25) is 4.79 Å². The van der Waals surface area contributed by atoms with Crippen molar-refractivity contribution >= 4 is 29.2 Å². The first kappa shape index (κ1) is 25.1. The molecule has 0 radical (unpaired) electrons. The fourth-order valence-electron chi connectivity index (χ4n) is 4.48. The molecule has 3 rings (SSSR count). The van der Waals surface area contributed by atoms with Crippen LogP contribution in [0.3, 0.4) is 0 Å². The number of allylic oxidation sites excluding steroid dienone is 4. The molecule has 33 heavy (non-hydrogen) atoms. The average molecular weight is 478 g/mol. The highest BCUT2D eigenvalue weighted by atomic mass is 35.5. The normalized spacial score (nSPS) is 25.6. The fraction of sp³-hybridized carbons (Fsp3) is 0.520. The molecule has 0 spiro atoms. The number of likely N-dealkylation sites (tertiary alicyclic amines) is 1. The molecule has 1 aliphatic carbocycles. The number of halogens is 2. The SMILES string of the molecule is CNC(=O)C1(NC(=O)OC(C)(C)C)CCCN(C2=CC=C(c3ccccc3)CC2(F)CCl)C1. The number of alkyl halides is 2. The quantitative estimate of drug-likeness (QED) is 0.616. The molecule has 0 saturated carbocycles. The van der Waals surface area contributed by atoms with Gasteiger partial charge < -0.3 is 20.3 Å². The van der Waals surface area contributed by atoms with E-state index in [2.05, 4.69) is 10.6 Å². The number of nitrogens with one attached hydrogen (secondary N) is 2. The Morgan fingerprint density at radius 2 is 1.91 bits per heavy atom. The molecule has 6 nitrogen and oxygen atoms in total. The summed E-state index contributed by atoms with van der Waals surface area (Å²) in [4.78, 5) is 27.3. The Morgan fingerprint density at radius 3 is 2.52 bits per heavy atom. The number of carbonyl (C=O) groups excluding carboxylic acids is 2. The summed E-state index contributed by atoms with van der Waals surface area (Å²) in [6, 6.07) is 9.65. The van der Waals surface area contributed by atoms with Crippen molar-refractivity contribution < 1.29 is 18.7 Å². The second-order valence-corrected chi connectivity index (χ2v) is 9.97. The van der Waals surface area contributed by atoms with E-state index in [4.69, 9.17) is 16.3 Å². The molecular formula is C25H33ClFN3O3. The van der Waals surface area contributed by atoms with Gasteiger partial charge in [-0.25, -0.2) is 9.18 Å². The van der Waals surface area contributed by atoms with Crippen molar-refractivity contribution in [1.29, 1.82) is 0 Å². The Hall–Kier alpha value is -2.54. The van der Waals surface area contributed by atoms with Crippen molar-refractivity contribution in [3.63, 3.8) is 0 Å². The monoisotopic (exact) mass is 477 g/mol. The first-order valence-corrected chi connectivity index (χ1v) is 11.8. The topological polar surface area (TPSA) is 70.7 Å². The minimum Gasteiger partial charge on any atom is -0.444 e. The van der Waals surface area contributed by atoms with Gasteiger partial charge in [-0.1, -0.05) is 36.4 Å². The predicted octanol–water partition coefficient (Wildman–Crippen LogP) is 4.41. The van der Waals surface area contributed by atoms with Gasteiger partial charge in [-0.15, -0.1) is 11.6 Å². The van der Waals surface area contributed by atoms with Crippen LogP contribution in [-0.2, 0) is 9.53 Å². The third-order valence-corrected chi connectivity index (χ3v) is 6.39. The number of hydrogen-bond donors (Lipinski definition) is 2. The summed E-state index contributed by atoms with van der Waals surface area (Å²) < 4.78 is 21.6. The predicted molar refractivity (Wildman–Crippen MR) is 129 cm³/mol. The zero-order chi connectivity index (χ0) is 24.3. The maximum Gasteiger partial charge on any atom is 0.408 e. The number of likely N-dealkylation sites (N-methyl/N-ethyl adjacent to an activating group) is 1. The molecule has 1 aliphatic heterocycles. The highest BCUT2D eigenvalue weighted by Crippen LogP contribution is 2.41. The molecule has 1 fully saturated rings. The van der Waals surface area contributed by atoms with E-state index in [1.54, 1.807) is 26.8 Å². The van der Waals surface area contributed by atoms with E-state index in [1.807, 2.05) is 41.3 Å². The molecule has 0 bridgehead atoms. The largest absolute Gasteiger partial charge is 0.444 e. The molecule has 2 amide bonds. The molecule has 1 aromatic rings. The van der Waals surface area contributed by atoms with Crippen molar-refractivity contribution in [2.75, 3.05) is 26.0 Å². The van der Waals surface area contributed by atoms with Gasteiger partial charge in [-0.2, -0.15) is 0 Å². The number of ether oxygens (including phenoxy) is 1. The molecule has 2 N–H and O–H groups in total. The van der Waals surface area contributed by atoms with Crippen LogP contribution in [0.5, 0.6) is 0 Å². The van der Waals surface area contributed by atoms with Crippen LogP contribution in [0.4, 0.5) is 9.18 Å². The second-order valence-electron chi connectivity index (χ2n) is 9.70. The second kappa shape index (κ2) is 9.75. The van der Waals surface area contributed by atoms with Gasteiger partial charge in [0.1, 0.15) is 11.1 Å². The summed E-state index contributed by atoms with van der Waals surface area (Å²) in [5.41, 5.74) is -1.50. The van der Waals surface area contributed by atoms with Crippen LogP contribution in [0.15, 0.2) is 48.2 Å². The molecule has 2 aliphatic rings. The molecule has 1 heterocycles. The first-order valence-electron chi connectivity index (χ1n) is 11.2. The number of piperidine rings is 1. The van der Waals surface area contributed by atoms with E-state index in [0.717, 1.165) is 11.1 Å². The zero-order valence-corrected chi connectivity index (χ0v) is 20.5. The van der Waals surface area contributed by atoms with Gasteiger partial charge in [-0.05, 0) is 50.8 Å². The van der Waals surface area contributed by atoms with Crippen molar-refractivity contribution in [2.45, 2.75) is 56.8 Å². The van der Waals surface area contributed by atoms with Gasteiger partial charge in [0.25, 0.3) is 0 Å². The maximum absolute atomic E-state index is 16.2. The summed E-state index contributed by atoms with van der Waals surface area (Å²) >= 11 is 6.17. The van der Waals surface area contributed by atoms with Crippen LogP contribution in [0.2, 0.25) is 0 Å². The summed E-state index contributed by atoms with van der Waals surface area (Å²) in [6.07, 6.45) is 4.12. The molecule has 180 valence electrons. The standard InChI is InChI=1S/C25H33ClFN3O3/c1-23(2,3)33-22(32)29-25(21(31)28-4)13-8-14-30(17-25)20-12-11-19(15-24(20,27)16-26)18-9-6-5-7-10-18/h5-7,9-12H,8,13-17H2,1-4H3,(H,28,31)(H,29,32). The van der Waals surface area contributed by atoms with Crippen LogP contribution in [0, 0.1) is 0 Å². The molecule has 0 aromatic heterocycles. The molecule has 1 saturated heterocycles. The minimum absolute atomic E-state index is 0.120. The van der Waals surface area contributed by atoms with Crippen LogP contribution in [0.1, 0.15) is 45.6 Å². The first-order chi connectivity index (χ1) is 15.5. The zero-order valence-electron chi connectivity index (χ0n) is 19.7. The lowest BCUT2D eigenvalue weighted by atomic mass is 9.82. The molecule has 1 aromatic carbocycles. The van der Waals surface area contributed by atoms with Crippen LogP contribution in [-0.4, -0.2) is 59.7 Å². The van der Waals surface area contributed by atoms with Gasteiger partial charge in [0.05, 0.1) is 18.1 Å². The Morgan fingerprint density at radius 1 is 1.21 bits per heavy atom. The number of carbonyl (C=O) groups is 2. The lowest BCUT2D eigenvalue weighted by molar-refractivity contribution is -0.129. The molecular weight excluding hydrogens is 445 g/mol. The van der Waals surface area contributed by atoms with E-state index < -0.39 is 22.9 Å². The lowest BCUT2D eigenvalue weighted by Crippen LogP contribution is -2.66. The van der Waals surface area contributed by atoms with Crippen molar-refractivity contribution in [3.05, 3.63) is 53.7 Å². The number of hydrogen-bond acceptors (Lipinski definition) is 4. The van der Waals surface area contributed by atoms with Crippen molar-refractivity contribution in [3.8, 4) is 0 Å². The minimum atomic E-state index is -1.79. The van der Waals surface area contributed by atoms with E-state index in [1.165, 1.54) is 7.05 Å². The third-order valence-electron chi connectivity index (χ3n) is 5.96. The van der Waals surface area contributed by atoms with E-state index >= 15 is 4.39 Å². The highest BCUT2D eigenvalue weighted by molar-refractivity contribution is 6.19. The Balaban J connectivity index is 1.91. The highest BCUT2D eigenvalue weighted by Gasteiger charge is 2.48. The van der Waals surface area contributed by atoms with Gasteiger partial charge in [0.2, 0.25) is 5.91 Å². The van der Waals surface area contributed by atoms with E-state index in [9.17, 15) is 9.59 Å². The molecule has 2 unspecified atom stereocenters. The van der Waals surface area contributed by atoms with Crippen LogP contribution < -0.4 is 10.6 Å². The van der Waals surface area contributed by atoms with Gasteiger partial charge >= 0.3 is 6.09 Å². The third kappa shape index (κ3) is 5.69. The summed E-state index contributed by atoms with van der Waals surface area (Å²) in [5, 5.41) is 5.42. The Kier molecular flexibility index (Phi) is 7.42. The summed E-state index contributed by atoms with van der Waals surface area (Å²) in [6.45, 7) is 5.95.